The van der Waals surface area contributed by atoms with Crippen LogP contribution in [0.2, 0.25) is 0 Å². The maximum Gasteiger partial charge on any atom is 0.331 e. The van der Waals surface area contributed by atoms with E-state index in [1.54, 1.807) is 10.6 Å². The van der Waals surface area contributed by atoms with Gasteiger partial charge in [-0.1, -0.05) is 60.7 Å². The summed E-state index contributed by atoms with van der Waals surface area (Å²) in [5, 5.41) is 0.542. The summed E-state index contributed by atoms with van der Waals surface area (Å²) in [5.41, 5.74) is 1.17. The van der Waals surface area contributed by atoms with Gasteiger partial charge in [0, 0.05) is 6.54 Å². The Balaban J connectivity index is 1.65. The van der Waals surface area contributed by atoms with E-state index in [1.807, 2.05) is 78.9 Å². The maximum absolute atomic E-state index is 13.1. The molecule has 3 aromatic carbocycles. The Morgan fingerprint density at radius 2 is 1.34 bits per heavy atom. The van der Waals surface area contributed by atoms with Crippen LogP contribution in [-0.2, 0) is 19.5 Å². The maximum atomic E-state index is 13.1. The Bertz CT molecular complexity index is 1210. The molecular formula is C24H22N2O3. The zero-order valence-electron chi connectivity index (χ0n) is 16.0. The van der Waals surface area contributed by atoms with Crippen molar-refractivity contribution in [3.8, 4) is 5.75 Å². The number of para-hydroxylation sites is 2. The van der Waals surface area contributed by atoms with E-state index in [0.29, 0.717) is 37.0 Å². The first-order chi connectivity index (χ1) is 14.2. The number of aromatic nitrogens is 2. The first-order valence-electron chi connectivity index (χ1n) is 9.68. The Hall–Kier alpha value is -3.60. The third-order valence-corrected chi connectivity index (χ3v) is 4.93. The number of hydrogen-bond acceptors (Lipinski definition) is 3. The Labute approximate surface area is 168 Å². The second kappa shape index (κ2) is 8.61. The minimum absolute atomic E-state index is 0.248. The zero-order chi connectivity index (χ0) is 20.1. The van der Waals surface area contributed by atoms with Gasteiger partial charge in [0.1, 0.15) is 12.4 Å². The average Bonchev–Trinajstić information content (AvgIpc) is 2.77. The molecule has 0 saturated heterocycles. The highest BCUT2D eigenvalue weighted by molar-refractivity contribution is 5.77. The largest absolute Gasteiger partial charge is 0.492 e. The normalized spacial score (nSPS) is 10.9. The third-order valence-electron chi connectivity index (χ3n) is 4.93. The molecule has 0 aliphatic carbocycles. The van der Waals surface area contributed by atoms with Crippen LogP contribution >= 0.6 is 0 Å². The minimum Gasteiger partial charge on any atom is -0.492 e. The number of benzene rings is 3. The quantitative estimate of drug-likeness (QED) is 0.489. The van der Waals surface area contributed by atoms with Crippen molar-refractivity contribution < 1.29 is 4.74 Å². The van der Waals surface area contributed by atoms with Crippen molar-refractivity contribution in [3.05, 3.63) is 111 Å². The molecule has 0 radical (unpaired) electrons. The van der Waals surface area contributed by atoms with Crippen LogP contribution in [0.3, 0.4) is 0 Å². The molecule has 5 nitrogen and oxygen atoms in total. The lowest BCUT2D eigenvalue weighted by Gasteiger charge is -2.14. The van der Waals surface area contributed by atoms with Crippen molar-refractivity contribution in [1.82, 2.24) is 9.13 Å². The zero-order valence-corrected chi connectivity index (χ0v) is 16.0. The van der Waals surface area contributed by atoms with Gasteiger partial charge in [-0.2, -0.15) is 0 Å². The lowest BCUT2D eigenvalue weighted by atomic mass is 10.1. The standard InChI is InChI=1S/C24H22N2O3/c27-23-21-13-7-8-14-22(21)25(17-18-29-20-11-5-2-6-12-20)24(28)26(23)16-15-19-9-3-1-4-10-19/h1-14H,15-18H2. The molecule has 4 aromatic rings. The Kier molecular flexibility index (Phi) is 5.56. The molecule has 0 aliphatic heterocycles. The molecule has 0 bridgehead atoms. The van der Waals surface area contributed by atoms with Gasteiger partial charge in [-0.15, -0.1) is 0 Å². The van der Waals surface area contributed by atoms with Gasteiger partial charge in [-0.3, -0.25) is 13.9 Å². The molecule has 0 atom stereocenters. The number of nitrogens with zero attached hydrogens (tertiary/aromatic N) is 2. The van der Waals surface area contributed by atoms with E-state index in [1.165, 1.54) is 4.57 Å². The predicted octanol–water partition coefficient (Wildman–Crippen LogP) is 3.48. The second-order valence-electron chi connectivity index (χ2n) is 6.81. The summed E-state index contributed by atoms with van der Waals surface area (Å²) in [6, 6.07) is 26.6. The molecule has 146 valence electrons. The summed E-state index contributed by atoms with van der Waals surface area (Å²) in [6.45, 7) is 1.04. The summed E-state index contributed by atoms with van der Waals surface area (Å²) in [5.74, 6) is 0.752. The molecule has 0 aliphatic rings. The molecule has 5 heteroatoms. The summed E-state index contributed by atoms with van der Waals surface area (Å²) in [7, 11) is 0. The molecule has 0 fully saturated rings. The van der Waals surface area contributed by atoms with Gasteiger partial charge in [-0.25, -0.2) is 4.79 Å². The summed E-state index contributed by atoms with van der Waals surface area (Å²) < 4.78 is 8.73. The average molecular weight is 386 g/mol. The van der Waals surface area contributed by atoms with Gasteiger partial charge in [0.05, 0.1) is 17.4 Å². The Morgan fingerprint density at radius 3 is 2.10 bits per heavy atom. The highest BCUT2D eigenvalue weighted by Crippen LogP contribution is 2.10. The van der Waals surface area contributed by atoms with E-state index in [9.17, 15) is 9.59 Å². The molecule has 0 spiro atoms. The first kappa shape index (κ1) is 18.7. The van der Waals surface area contributed by atoms with Gasteiger partial charge in [0.25, 0.3) is 5.56 Å². The summed E-state index contributed by atoms with van der Waals surface area (Å²) in [6.07, 6.45) is 0.620. The minimum atomic E-state index is -0.304. The fraction of sp³-hybridized carbons (Fsp3) is 0.167. The van der Waals surface area contributed by atoms with Crippen molar-refractivity contribution in [3.63, 3.8) is 0 Å². The highest BCUT2D eigenvalue weighted by Gasteiger charge is 2.13. The fourth-order valence-electron chi connectivity index (χ4n) is 3.44. The van der Waals surface area contributed by atoms with Crippen molar-refractivity contribution in [1.29, 1.82) is 0 Å². The van der Waals surface area contributed by atoms with Crippen LogP contribution in [0.25, 0.3) is 10.9 Å². The predicted molar refractivity (Wildman–Crippen MR) is 115 cm³/mol. The molecule has 0 amide bonds. The lowest BCUT2D eigenvalue weighted by molar-refractivity contribution is 0.296. The summed E-state index contributed by atoms with van der Waals surface area (Å²) >= 11 is 0. The van der Waals surface area contributed by atoms with Crippen LogP contribution < -0.4 is 16.0 Å². The number of fused-ring (bicyclic) bond motifs is 1. The van der Waals surface area contributed by atoms with Gasteiger partial charge in [-0.05, 0) is 36.2 Å². The van der Waals surface area contributed by atoms with Gasteiger partial charge < -0.3 is 4.74 Å². The van der Waals surface area contributed by atoms with Gasteiger partial charge in [0.2, 0.25) is 0 Å². The number of ether oxygens (including phenoxy) is 1. The van der Waals surface area contributed by atoms with Crippen LogP contribution in [0.5, 0.6) is 5.75 Å². The van der Waals surface area contributed by atoms with Gasteiger partial charge in [0.15, 0.2) is 0 Å². The van der Waals surface area contributed by atoms with E-state index < -0.39 is 0 Å². The van der Waals surface area contributed by atoms with Crippen LogP contribution in [0, 0.1) is 0 Å². The van der Waals surface area contributed by atoms with Crippen LogP contribution in [0.4, 0.5) is 0 Å². The summed E-state index contributed by atoms with van der Waals surface area (Å²) in [4.78, 5) is 26.1. The molecule has 4 rings (SSSR count). The van der Waals surface area contributed by atoms with E-state index >= 15 is 0 Å². The second-order valence-corrected chi connectivity index (χ2v) is 6.81. The van der Waals surface area contributed by atoms with E-state index in [0.717, 1.165) is 11.3 Å². The fourth-order valence-corrected chi connectivity index (χ4v) is 3.44. The van der Waals surface area contributed by atoms with E-state index in [4.69, 9.17) is 4.74 Å². The molecule has 1 aromatic heterocycles. The lowest BCUT2D eigenvalue weighted by Crippen LogP contribution is -2.41. The van der Waals surface area contributed by atoms with Gasteiger partial charge >= 0.3 is 5.69 Å². The number of rotatable bonds is 7. The number of aryl methyl sites for hydroxylation is 1. The molecule has 0 unspecified atom stereocenters. The van der Waals surface area contributed by atoms with Crippen LogP contribution in [0.1, 0.15) is 5.56 Å². The molecule has 0 saturated carbocycles. The highest BCUT2D eigenvalue weighted by atomic mass is 16.5. The topological polar surface area (TPSA) is 53.2 Å². The molecule has 1 heterocycles. The monoisotopic (exact) mass is 386 g/mol. The smallest absolute Gasteiger partial charge is 0.331 e. The third kappa shape index (κ3) is 4.14. The van der Waals surface area contributed by atoms with Crippen molar-refractivity contribution in [2.75, 3.05) is 6.61 Å². The van der Waals surface area contributed by atoms with E-state index in [2.05, 4.69) is 0 Å². The molecule has 29 heavy (non-hydrogen) atoms. The molecular weight excluding hydrogens is 364 g/mol. The van der Waals surface area contributed by atoms with E-state index in [-0.39, 0.29) is 11.2 Å². The van der Waals surface area contributed by atoms with Crippen LogP contribution in [0.15, 0.2) is 94.5 Å². The first-order valence-corrected chi connectivity index (χ1v) is 9.68. The molecule has 0 N–H and O–H groups in total. The van der Waals surface area contributed by atoms with Crippen LogP contribution in [-0.4, -0.2) is 15.7 Å². The van der Waals surface area contributed by atoms with Crippen molar-refractivity contribution in [2.45, 2.75) is 19.5 Å². The van der Waals surface area contributed by atoms with Crippen molar-refractivity contribution in [2.24, 2.45) is 0 Å². The number of hydrogen-bond donors (Lipinski definition) is 0. The van der Waals surface area contributed by atoms with Crippen molar-refractivity contribution >= 4 is 10.9 Å². The Morgan fingerprint density at radius 1 is 0.690 bits per heavy atom. The SMILES string of the molecule is O=c1c2ccccc2n(CCOc2ccccc2)c(=O)n1CCc1ccccc1.